The zero-order chi connectivity index (χ0) is 19.1. The number of ether oxygens (including phenoxy) is 1. The van der Waals surface area contributed by atoms with Crippen LogP contribution >= 0.6 is 0 Å². The van der Waals surface area contributed by atoms with E-state index in [4.69, 9.17) is 4.74 Å². The highest BCUT2D eigenvalue weighted by Gasteiger charge is 2.38. The number of aromatic nitrogens is 2. The van der Waals surface area contributed by atoms with E-state index >= 15 is 0 Å². The van der Waals surface area contributed by atoms with Crippen molar-refractivity contribution in [1.29, 1.82) is 0 Å². The van der Waals surface area contributed by atoms with Gasteiger partial charge in [0.15, 0.2) is 5.69 Å². The maximum absolute atomic E-state index is 13.7. The first-order valence-corrected chi connectivity index (χ1v) is 8.44. The summed E-state index contributed by atoms with van der Waals surface area (Å²) in [6.45, 7) is 6.05. The molecule has 0 radical (unpaired) electrons. The Bertz CT molecular complexity index is 942. The number of halogens is 3. The van der Waals surface area contributed by atoms with E-state index in [-0.39, 0.29) is 11.3 Å². The SMILES string of the molecule is COc1ccn2c(-c3cccc(CC(C)C)c3C)c(C(F)(F)F)nc2c1. The number of nitrogens with zero attached hydrogens (tertiary/aromatic N) is 2. The van der Waals surface area contributed by atoms with Crippen LogP contribution in [0.5, 0.6) is 5.75 Å². The summed E-state index contributed by atoms with van der Waals surface area (Å²) in [6, 6.07) is 8.64. The van der Waals surface area contributed by atoms with Crippen LogP contribution in [-0.4, -0.2) is 16.5 Å². The molecule has 0 spiro atoms. The third-order valence-electron chi connectivity index (χ3n) is 4.43. The molecule has 26 heavy (non-hydrogen) atoms. The Morgan fingerprint density at radius 2 is 1.92 bits per heavy atom. The second-order valence-corrected chi connectivity index (χ2v) is 6.79. The van der Waals surface area contributed by atoms with Gasteiger partial charge in [-0.2, -0.15) is 13.2 Å². The summed E-state index contributed by atoms with van der Waals surface area (Å²) in [5.74, 6) is 0.880. The summed E-state index contributed by atoms with van der Waals surface area (Å²) in [5.41, 5.74) is 1.85. The van der Waals surface area contributed by atoms with Gasteiger partial charge in [-0.1, -0.05) is 32.0 Å². The van der Waals surface area contributed by atoms with E-state index in [9.17, 15) is 13.2 Å². The maximum Gasteiger partial charge on any atom is 0.435 e. The molecule has 0 saturated carbocycles. The van der Waals surface area contributed by atoms with Gasteiger partial charge in [0.2, 0.25) is 0 Å². The molecular weight excluding hydrogens is 341 g/mol. The topological polar surface area (TPSA) is 26.5 Å². The fourth-order valence-electron chi connectivity index (χ4n) is 3.21. The molecule has 0 N–H and O–H groups in total. The fourth-order valence-corrected chi connectivity index (χ4v) is 3.21. The monoisotopic (exact) mass is 362 g/mol. The van der Waals surface area contributed by atoms with Crippen LogP contribution < -0.4 is 4.74 Å². The first-order chi connectivity index (χ1) is 12.2. The molecule has 0 bridgehead atoms. The van der Waals surface area contributed by atoms with E-state index in [0.717, 1.165) is 17.5 Å². The third-order valence-corrected chi connectivity index (χ3v) is 4.43. The third kappa shape index (κ3) is 3.28. The van der Waals surface area contributed by atoms with Gasteiger partial charge in [0.05, 0.1) is 12.8 Å². The minimum absolute atomic E-state index is 0.0678. The number of imidazole rings is 1. The van der Waals surface area contributed by atoms with Crippen LogP contribution in [0.15, 0.2) is 36.5 Å². The van der Waals surface area contributed by atoms with Crippen LogP contribution in [0.1, 0.15) is 30.7 Å². The van der Waals surface area contributed by atoms with Gasteiger partial charge >= 0.3 is 6.18 Å². The normalized spacial score (nSPS) is 12.2. The lowest BCUT2D eigenvalue weighted by Crippen LogP contribution is -2.09. The van der Waals surface area contributed by atoms with Gasteiger partial charge in [0.1, 0.15) is 11.4 Å². The summed E-state index contributed by atoms with van der Waals surface area (Å²) < 4.78 is 47.7. The molecule has 0 aliphatic heterocycles. The molecule has 0 atom stereocenters. The maximum atomic E-state index is 13.7. The standard InChI is InChI=1S/C20H21F3N2O/c1-12(2)10-14-6-5-7-16(13(14)3)18-19(20(21,22)23)24-17-11-15(26-4)8-9-25(17)18/h5-9,11-12H,10H2,1-4H3. The van der Waals surface area contributed by atoms with Crippen molar-refractivity contribution in [2.75, 3.05) is 7.11 Å². The van der Waals surface area contributed by atoms with E-state index in [0.29, 0.717) is 17.2 Å². The Morgan fingerprint density at radius 1 is 1.19 bits per heavy atom. The summed E-state index contributed by atoms with van der Waals surface area (Å²) in [4.78, 5) is 3.86. The minimum atomic E-state index is -4.55. The highest BCUT2D eigenvalue weighted by molar-refractivity contribution is 5.72. The molecule has 0 aliphatic rings. The van der Waals surface area contributed by atoms with Gasteiger partial charge in [0, 0.05) is 17.8 Å². The first-order valence-electron chi connectivity index (χ1n) is 8.44. The lowest BCUT2D eigenvalue weighted by atomic mass is 9.93. The number of methoxy groups -OCH3 is 1. The van der Waals surface area contributed by atoms with Crippen molar-refractivity contribution < 1.29 is 17.9 Å². The van der Waals surface area contributed by atoms with E-state index in [1.807, 2.05) is 19.1 Å². The second kappa shape index (κ2) is 6.67. The minimum Gasteiger partial charge on any atom is -0.497 e. The van der Waals surface area contributed by atoms with Crippen molar-refractivity contribution in [3.8, 4) is 17.0 Å². The molecule has 2 aromatic heterocycles. The Hall–Kier alpha value is -2.50. The first kappa shape index (κ1) is 18.3. The van der Waals surface area contributed by atoms with Crippen molar-refractivity contribution in [3.05, 3.63) is 53.3 Å². The fraction of sp³-hybridized carbons (Fsp3) is 0.350. The van der Waals surface area contributed by atoms with Crippen molar-refractivity contribution in [2.24, 2.45) is 5.92 Å². The van der Waals surface area contributed by atoms with Gasteiger partial charge in [-0.25, -0.2) is 4.98 Å². The number of hydrogen-bond donors (Lipinski definition) is 0. The second-order valence-electron chi connectivity index (χ2n) is 6.79. The lowest BCUT2D eigenvalue weighted by molar-refractivity contribution is -0.140. The number of pyridine rings is 1. The molecule has 0 aliphatic carbocycles. The number of rotatable bonds is 4. The van der Waals surface area contributed by atoms with E-state index < -0.39 is 11.9 Å². The number of hydrogen-bond acceptors (Lipinski definition) is 2. The van der Waals surface area contributed by atoms with E-state index in [2.05, 4.69) is 18.8 Å². The Balaban J connectivity index is 2.30. The highest BCUT2D eigenvalue weighted by atomic mass is 19.4. The van der Waals surface area contributed by atoms with Crippen LogP contribution in [0.25, 0.3) is 16.9 Å². The highest BCUT2D eigenvalue weighted by Crippen LogP contribution is 2.39. The molecule has 0 unspecified atom stereocenters. The van der Waals surface area contributed by atoms with Crippen LogP contribution in [0.2, 0.25) is 0 Å². The molecule has 0 amide bonds. The Morgan fingerprint density at radius 3 is 2.54 bits per heavy atom. The van der Waals surface area contributed by atoms with Crippen molar-refractivity contribution in [1.82, 2.24) is 9.38 Å². The molecule has 1 aromatic carbocycles. The Kier molecular flexibility index (Phi) is 4.69. The zero-order valence-corrected chi connectivity index (χ0v) is 15.2. The van der Waals surface area contributed by atoms with Crippen molar-refractivity contribution in [3.63, 3.8) is 0 Å². The van der Waals surface area contributed by atoms with Crippen molar-refractivity contribution >= 4 is 5.65 Å². The predicted molar refractivity (Wildman–Crippen MR) is 95.5 cm³/mol. The van der Waals surface area contributed by atoms with Crippen molar-refractivity contribution in [2.45, 2.75) is 33.4 Å². The van der Waals surface area contributed by atoms with Crippen LogP contribution in [0.4, 0.5) is 13.2 Å². The summed E-state index contributed by atoms with van der Waals surface area (Å²) in [6.07, 6.45) is -2.17. The summed E-state index contributed by atoms with van der Waals surface area (Å²) in [5, 5.41) is 0. The number of fused-ring (bicyclic) bond motifs is 1. The average Bonchev–Trinajstić information content (AvgIpc) is 2.95. The predicted octanol–water partition coefficient (Wildman–Crippen LogP) is 5.54. The molecule has 2 heterocycles. The van der Waals surface area contributed by atoms with E-state index in [1.165, 1.54) is 17.6 Å². The lowest BCUT2D eigenvalue weighted by Gasteiger charge is -2.15. The van der Waals surface area contributed by atoms with Crippen LogP contribution in [0, 0.1) is 12.8 Å². The van der Waals surface area contributed by atoms with Crippen LogP contribution in [0.3, 0.4) is 0 Å². The Labute approximate surface area is 150 Å². The molecule has 3 rings (SSSR count). The molecule has 3 aromatic rings. The van der Waals surface area contributed by atoms with Gasteiger partial charge in [-0.3, -0.25) is 4.40 Å². The average molecular weight is 362 g/mol. The summed E-state index contributed by atoms with van der Waals surface area (Å²) in [7, 11) is 1.47. The smallest absolute Gasteiger partial charge is 0.435 e. The molecule has 6 heteroatoms. The van der Waals surface area contributed by atoms with Gasteiger partial charge in [-0.15, -0.1) is 0 Å². The van der Waals surface area contributed by atoms with Gasteiger partial charge < -0.3 is 4.74 Å². The van der Waals surface area contributed by atoms with Gasteiger partial charge in [0.25, 0.3) is 0 Å². The van der Waals surface area contributed by atoms with E-state index in [1.54, 1.807) is 18.3 Å². The quantitative estimate of drug-likeness (QED) is 0.609. The van der Waals surface area contributed by atoms with Gasteiger partial charge in [-0.05, 0) is 36.5 Å². The molecule has 3 nitrogen and oxygen atoms in total. The zero-order valence-electron chi connectivity index (χ0n) is 15.2. The molecular formula is C20H21F3N2O. The molecule has 0 fully saturated rings. The number of benzene rings is 1. The number of alkyl halides is 3. The largest absolute Gasteiger partial charge is 0.497 e. The van der Waals surface area contributed by atoms with Crippen LogP contribution in [-0.2, 0) is 12.6 Å². The summed E-state index contributed by atoms with van der Waals surface area (Å²) >= 11 is 0. The molecule has 0 saturated heterocycles. The molecule has 138 valence electrons.